The number of amides is 2. The topological polar surface area (TPSA) is 35.6 Å². The highest BCUT2D eigenvalue weighted by atomic mass is 32.2. The molecule has 1 aliphatic heterocycles. The van der Waals surface area contributed by atoms with Gasteiger partial charge in [0.1, 0.15) is 0 Å². The first-order valence-corrected chi connectivity index (χ1v) is 9.21. The molecule has 1 N–H and O–H groups in total. The molecule has 22 heavy (non-hydrogen) atoms. The smallest absolute Gasteiger partial charge is 0.317 e. The van der Waals surface area contributed by atoms with Crippen LogP contribution in [0.5, 0.6) is 0 Å². The summed E-state index contributed by atoms with van der Waals surface area (Å²) < 4.78 is 0. The van der Waals surface area contributed by atoms with Crippen molar-refractivity contribution in [2.24, 2.45) is 0 Å². The fraction of sp³-hybridized carbons (Fsp3) is 0.588. The van der Waals surface area contributed by atoms with Gasteiger partial charge in [-0.05, 0) is 49.9 Å². The molecule has 1 heterocycles. The summed E-state index contributed by atoms with van der Waals surface area (Å²) in [4.78, 5) is 17.8. The van der Waals surface area contributed by atoms with E-state index in [1.807, 2.05) is 13.1 Å². The van der Waals surface area contributed by atoms with Crippen molar-refractivity contribution in [1.29, 1.82) is 0 Å². The van der Waals surface area contributed by atoms with Crippen LogP contribution < -0.4 is 5.32 Å². The SMILES string of the molecule is CCN1CCC[C@@H](NC(=O)N(C)Cc2cccc(SC)c2)C1. The standard InChI is InChI=1S/C17H27N3OS/c1-4-20-10-6-8-15(13-20)18-17(21)19(2)12-14-7-5-9-16(11-14)22-3/h5,7,9,11,15H,4,6,8,10,12-13H2,1-3H3,(H,18,21)/t15-/m1/s1. The lowest BCUT2D eigenvalue weighted by Crippen LogP contribution is -2.50. The molecule has 1 saturated heterocycles. The van der Waals surface area contributed by atoms with Gasteiger partial charge >= 0.3 is 6.03 Å². The number of benzene rings is 1. The zero-order chi connectivity index (χ0) is 15.9. The van der Waals surface area contributed by atoms with E-state index in [2.05, 4.69) is 41.6 Å². The molecule has 1 aliphatic rings. The van der Waals surface area contributed by atoms with E-state index >= 15 is 0 Å². The van der Waals surface area contributed by atoms with Crippen molar-refractivity contribution in [1.82, 2.24) is 15.1 Å². The fourth-order valence-corrected chi connectivity index (χ4v) is 3.35. The molecule has 0 spiro atoms. The Morgan fingerprint density at radius 1 is 1.50 bits per heavy atom. The largest absolute Gasteiger partial charge is 0.334 e. The van der Waals surface area contributed by atoms with Crippen molar-refractivity contribution >= 4 is 17.8 Å². The Labute approximate surface area is 138 Å². The molecule has 0 radical (unpaired) electrons. The van der Waals surface area contributed by atoms with E-state index in [-0.39, 0.29) is 12.1 Å². The summed E-state index contributed by atoms with van der Waals surface area (Å²) in [6, 6.07) is 8.67. The average molecular weight is 321 g/mol. The van der Waals surface area contributed by atoms with E-state index in [0.717, 1.165) is 32.5 Å². The Morgan fingerprint density at radius 2 is 2.32 bits per heavy atom. The number of rotatable bonds is 5. The van der Waals surface area contributed by atoms with Gasteiger partial charge in [0.2, 0.25) is 0 Å². The number of likely N-dealkylation sites (tertiary alicyclic amines) is 1. The zero-order valence-electron chi connectivity index (χ0n) is 13.8. The minimum Gasteiger partial charge on any atom is -0.334 e. The maximum atomic E-state index is 12.4. The van der Waals surface area contributed by atoms with E-state index in [0.29, 0.717) is 6.54 Å². The molecule has 0 unspecified atom stereocenters. The van der Waals surface area contributed by atoms with E-state index in [1.165, 1.54) is 10.5 Å². The summed E-state index contributed by atoms with van der Waals surface area (Å²) in [7, 11) is 1.86. The first-order chi connectivity index (χ1) is 10.6. The maximum Gasteiger partial charge on any atom is 0.317 e. The Balaban J connectivity index is 1.86. The third-order valence-corrected chi connectivity index (χ3v) is 4.91. The van der Waals surface area contributed by atoms with Gasteiger partial charge in [0.05, 0.1) is 0 Å². The number of urea groups is 1. The van der Waals surface area contributed by atoms with E-state index in [4.69, 9.17) is 0 Å². The van der Waals surface area contributed by atoms with Gasteiger partial charge in [-0.2, -0.15) is 0 Å². The van der Waals surface area contributed by atoms with Crippen LogP contribution in [0.2, 0.25) is 0 Å². The molecule has 2 rings (SSSR count). The van der Waals surface area contributed by atoms with Crippen molar-refractivity contribution in [2.45, 2.75) is 37.2 Å². The van der Waals surface area contributed by atoms with Crippen molar-refractivity contribution in [3.8, 4) is 0 Å². The summed E-state index contributed by atoms with van der Waals surface area (Å²) in [5, 5.41) is 3.17. The molecule has 0 saturated carbocycles. The number of carbonyl (C=O) groups is 1. The summed E-state index contributed by atoms with van der Waals surface area (Å²) in [6.45, 7) is 6.00. The van der Waals surface area contributed by atoms with E-state index in [9.17, 15) is 4.79 Å². The van der Waals surface area contributed by atoms with Gasteiger partial charge in [-0.1, -0.05) is 19.1 Å². The van der Waals surface area contributed by atoms with Crippen LogP contribution in [0.1, 0.15) is 25.3 Å². The second-order valence-corrected chi connectivity index (χ2v) is 6.77. The number of thioether (sulfide) groups is 1. The molecular formula is C17H27N3OS. The van der Waals surface area contributed by atoms with Crippen LogP contribution in [0.25, 0.3) is 0 Å². The molecule has 0 aromatic heterocycles. The molecule has 0 bridgehead atoms. The minimum absolute atomic E-state index is 0.0255. The minimum atomic E-state index is 0.0255. The van der Waals surface area contributed by atoms with Crippen LogP contribution in [-0.4, -0.2) is 54.8 Å². The first kappa shape index (κ1) is 17.2. The van der Waals surface area contributed by atoms with Gasteiger partial charge in [-0.15, -0.1) is 11.8 Å². The Morgan fingerprint density at radius 3 is 3.05 bits per heavy atom. The predicted octanol–water partition coefficient (Wildman–Crippen LogP) is 3.03. The van der Waals surface area contributed by atoms with Gasteiger partial charge in [-0.25, -0.2) is 4.79 Å². The highest BCUT2D eigenvalue weighted by Gasteiger charge is 2.21. The molecule has 122 valence electrons. The lowest BCUT2D eigenvalue weighted by atomic mass is 10.1. The van der Waals surface area contributed by atoms with E-state index in [1.54, 1.807) is 16.7 Å². The molecule has 1 aromatic carbocycles. The van der Waals surface area contributed by atoms with Crippen molar-refractivity contribution in [3.63, 3.8) is 0 Å². The number of carbonyl (C=O) groups excluding carboxylic acids is 1. The fourth-order valence-electron chi connectivity index (χ4n) is 2.86. The molecule has 0 aliphatic carbocycles. The number of likely N-dealkylation sites (N-methyl/N-ethyl adjacent to an activating group) is 1. The zero-order valence-corrected chi connectivity index (χ0v) is 14.7. The predicted molar refractivity (Wildman–Crippen MR) is 93.4 cm³/mol. The molecule has 1 atom stereocenters. The first-order valence-electron chi connectivity index (χ1n) is 7.99. The Hall–Kier alpha value is -1.20. The average Bonchev–Trinajstić information content (AvgIpc) is 2.55. The van der Waals surface area contributed by atoms with Crippen LogP contribution in [0.3, 0.4) is 0 Å². The summed E-state index contributed by atoms with van der Waals surface area (Å²) in [5.74, 6) is 0. The van der Waals surface area contributed by atoms with Crippen LogP contribution >= 0.6 is 11.8 Å². The molecule has 2 amide bonds. The number of nitrogens with zero attached hydrogens (tertiary/aromatic N) is 2. The molecule has 1 aromatic rings. The molecule has 1 fully saturated rings. The van der Waals surface area contributed by atoms with Crippen LogP contribution in [0.15, 0.2) is 29.2 Å². The quantitative estimate of drug-likeness (QED) is 0.847. The third kappa shape index (κ3) is 4.92. The second-order valence-electron chi connectivity index (χ2n) is 5.89. The monoisotopic (exact) mass is 321 g/mol. The van der Waals surface area contributed by atoms with Crippen LogP contribution in [-0.2, 0) is 6.54 Å². The summed E-state index contributed by atoms with van der Waals surface area (Å²) in [6.07, 6.45) is 4.31. The third-order valence-electron chi connectivity index (χ3n) is 4.18. The molecular weight excluding hydrogens is 294 g/mol. The van der Waals surface area contributed by atoms with Crippen LogP contribution in [0, 0.1) is 0 Å². The normalized spacial score (nSPS) is 19.0. The number of piperidine rings is 1. The van der Waals surface area contributed by atoms with Gasteiger partial charge in [0, 0.05) is 31.1 Å². The van der Waals surface area contributed by atoms with Gasteiger partial charge in [0.25, 0.3) is 0 Å². The molecule has 4 nitrogen and oxygen atoms in total. The van der Waals surface area contributed by atoms with Crippen molar-refractivity contribution in [2.75, 3.05) is 32.9 Å². The number of hydrogen-bond acceptors (Lipinski definition) is 3. The van der Waals surface area contributed by atoms with Crippen molar-refractivity contribution in [3.05, 3.63) is 29.8 Å². The van der Waals surface area contributed by atoms with E-state index < -0.39 is 0 Å². The summed E-state index contributed by atoms with van der Waals surface area (Å²) in [5.41, 5.74) is 1.17. The molecule has 5 heteroatoms. The highest BCUT2D eigenvalue weighted by Crippen LogP contribution is 2.17. The Bertz CT molecular complexity index is 495. The van der Waals surface area contributed by atoms with Gasteiger partial charge < -0.3 is 15.1 Å². The van der Waals surface area contributed by atoms with Crippen LogP contribution in [0.4, 0.5) is 4.79 Å². The summed E-state index contributed by atoms with van der Waals surface area (Å²) >= 11 is 1.73. The van der Waals surface area contributed by atoms with Gasteiger partial charge in [0.15, 0.2) is 0 Å². The lowest BCUT2D eigenvalue weighted by molar-refractivity contribution is 0.175. The highest BCUT2D eigenvalue weighted by molar-refractivity contribution is 7.98. The van der Waals surface area contributed by atoms with Crippen molar-refractivity contribution < 1.29 is 4.79 Å². The number of hydrogen-bond donors (Lipinski definition) is 1. The maximum absolute atomic E-state index is 12.4. The van der Waals surface area contributed by atoms with Gasteiger partial charge in [-0.3, -0.25) is 0 Å². The second kappa shape index (κ2) is 8.44. The number of nitrogens with one attached hydrogen (secondary N) is 1. The lowest BCUT2D eigenvalue weighted by Gasteiger charge is -2.33. The Kier molecular flexibility index (Phi) is 6.58.